The van der Waals surface area contributed by atoms with Crippen LogP contribution >= 0.6 is 0 Å². The van der Waals surface area contributed by atoms with Gasteiger partial charge < -0.3 is 4.74 Å². The fourth-order valence-electron chi connectivity index (χ4n) is 2.44. The third-order valence-electron chi connectivity index (χ3n) is 3.83. The molecule has 2 aromatic carbocycles. The predicted molar refractivity (Wildman–Crippen MR) is 104 cm³/mol. The van der Waals surface area contributed by atoms with Crippen molar-refractivity contribution in [1.29, 1.82) is 0 Å². The summed E-state index contributed by atoms with van der Waals surface area (Å²) < 4.78 is 17.7. The van der Waals surface area contributed by atoms with E-state index in [4.69, 9.17) is 4.74 Å². The summed E-state index contributed by atoms with van der Waals surface area (Å²) in [6.07, 6.45) is 4.39. The monoisotopic (exact) mass is 393 g/mol. The highest BCUT2D eigenvalue weighted by atomic mass is 19.1. The zero-order valence-corrected chi connectivity index (χ0v) is 15.1. The van der Waals surface area contributed by atoms with Gasteiger partial charge in [0.1, 0.15) is 5.82 Å². The van der Waals surface area contributed by atoms with E-state index in [-0.39, 0.29) is 5.56 Å². The van der Waals surface area contributed by atoms with Gasteiger partial charge in [-0.1, -0.05) is 24.3 Å². The minimum atomic E-state index is -0.728. The Morgan fingerprint density at radius 2 is 1.76 bits per heavy atom. The SMILES string of the molecule is O=C(COC(=O)/C=C/c1cccc2cccnc12)NNC(=O)c1ccc(F)cc1. The second-order valence-electron chi connectivity index (χ2n) is 5.87. The number of carbonyl (C=O) groups is 3. The third-order valence-corrected chi connectivity index (χ3v) is 3.83. The number of ether oxygens (including phenoxy) is 1. The number of halogens is 1. The van der Waals surface area contributed by atoms with Gasteiger partial charge in [0.25, 0.3) is 11.8 Å². The first-order valence-electron chi connectivity index (χ1n) is 8.56. The lowest BCUT2D eigenvalue weighted by Gasteiger charge is -2.07. The van der Waals surface area contributed by atoms with Gasteiger partial charge in [-0.15, -0.1) is 0 Å². The van der Waals surface area contributed by atoms with E-state index in [1.165, 1.54) is 18.2 Å². The second-order valence-corrected chi connectivity index (χ2v) is 5.87. The number of benzene rings is 2. The summed E-state index contributed by atoms with van der Waals surface area (Å²) in [5.74, 6) is -2.56. The van der Waals surface area contributed by atoms with Crippen molar-refractivity contribution < 1.29 is 23.5 Å². The minimum Gasteiger partial charge on any atom is -0.452 e. The highest BCUT2D eigenvalue weighted by Gasteiger charge is 2.09. The van der Waals surface area contributed by atoms with E-state index in [0.717, 1.165) is 28.6 Å². The van der Waals surface area contributed by atoms with Crippen molar-refractivity contribution in [3.05, 3.63) is 83.8 Å². The number of rotatable bonds is 5. The van der Waals surface area contributed by atoms with Crippen molar-refractivity contribution in [3.8, 4) is 0 Å². The molecule has 0 saturated heterocycles. The zero-order valence-electron chi connectivity index (χ0n) is 15.1. The molecule has 0 aliphatic carbocycles. The van der Waals surface area contributed by atoms with Crippen LogP contribution in [0.4, 0.5) is 4.39 Å². The van der Waals surface area contributed by atoms with E-state index in [9.17, 15) is 18.8 Å². The first-order valence-corrected chi connectivity index (χ1v) is 8.56. The van der Waals surface area contributed by atoms with Gasteiger partial charge in [0.05, 0.1) is 5.52 Å². The Bertz CT molecular complexity index is 1080. The number of hydrazine groups is 1. The molecule has 0 atom stereocenters. The van der Waals surface area contributed by atoms with Crippen LogP contribution in [0, 0.1) is 5.82 Å². The Morgan fingerprint density at radius 3 is 2.55 bits per heavy atom. The van der Waals surface area contributed by atoms with Crippen LogP contribution in [0.25, 0.3) is 17.0 Å². The summed E-state index contributed by atoms with van der Waals surface area (Å²) in [6.45, 7) is -0.583. The molecule has 7 nitrogen and oxygen atoms in total. The van der Waals surface area contributed by atoms with Crippen LogP contribution in [-0.4, -0.2) is 29.4 Å². The van der Waals surface area contributed by atoms with Crippen LogP contribution in [0.3, 0.4) is 0 Å². The molecule has 0 aliphatic heterocycles. The highest BCUT2D eigenvalue weighted by Crippen LogP contribution is 2.17. The molecule has 2 N–H and O–H groups in total. The Labute approximate surface area is 165 Å². The van der Waals surface area contributed by atoms with Crippen LogP contribution < -0.4 is 10.9 Å². The maximum Gasteiger partial charge on any atom is 0.331 e. The van der Waals surface area contributed by atoms with E-state index in [1.807, 2.05) is 24.3 Å². The number of hydrogen-bond acceptors (Lipinski definition) is 5. The fraction of sp³-hybridized carbons (Fsp3) is 0.0476. The number of pyridine rings is 1. The van der Waals surface area contributed by atoms with E-state index in [1.54, 1.807) is 18.3 Å². The lowest BCUT2D eigenvalue weighted by molar-refractivity contribution is -0.144. The lowest BCUT2D eigenvalue weighted by Crippen LogP contribution is -2.43. The maximum absolute atomic E-state index is 12.8. The van der Waals surface area contributed by atoms with E-state index < -0.39 is 30.2 Å². The lowest BCUT2D eigenvalue weighted by atomic mass is 10.1. The van der Waals surface area contributed by atoms with Gasteiger partial charge in [-0.2, -0.15) is 0 Å². The molecule has 1 heterocycles. The van der Waals surface area contributed by atoms with E-state index >= 15 is 0 Å². The molecule has 0 bridgehead atoms. The van der Waals surface area contributed by atoms with Gasteiger partial charge in [0.15, 0.2) is 6.61 Å². The Kier molecular flexibility index (Phi) is 6.26. The quantitative estimate of drug-likeness (QED) is 0.394. The van der Waals surface area contributed by atoms with Crippen molar-refractivity contribution in [2.45, 2.75) is 0 Å². The minimum absolute atomic E-state index is 0.162. The first-order chi connectivity index (χ1) is 14.0. The summed E-state index contributed by atoms with van der Waals surface area (Å²) in [4.78, 5) is 39.6. The van der Waals surface area contributed by atoms with Crippen molar-refractivity contribution >= 4 is 34.8 Å². The van der Waals surface area contributed by atoms with Crippen LogP contribution in [0.15, 0.2) is 66.9 Å². The molecule has 0 unspecified atom stereocenters. The molecular formula is C21H16FN3O4. The first kappa shape index (κ1) is 19.7. The number of nitrogens with one attached hydrogen (secondary N) is 2. The third kappa shape index (κ3) is 5.46. The van der Waals surface area contributed by atoms with Gasteiger partial charge >= 0.3 is 5.97 Å². The molecule has 1 aromatic heterocycles. The van der Waals surface area contributed by atoms with Gasteiger partial charge in [-0.3, -0.25) is 25.4 Å². The van der Waals surface area contributed by atoms with Crippen molar-refractivity contribution in [2.75, 3.05) is 6.61 Å². The summed E-state index contributed by atoms with van der Waals surface area (Å²) >= 11 is 0. The number of aromatic nitrogens is 1. The molecule has 3 aromatic rings. The molecule has 0 spiro atoms. The van der Waals surface area contributed by atoms with Gasteiger partial charge in [0, 0.05) is 28.8 Å². The Balaban J connectivity index is 1.47. The van der Waals surface area contributed by atoms with E-state index in [2.05, 4.69) is 15.8 Å². The standard InChI is InChI=1S/C21H16FN3O4/c22-17-9-6-16(7-10-17)21(28)25-24-18(26)13-29-19(27)11-8-15-4-1-3-14-5-2-12-23-20(14)15/h1-12H,13H2,(H,24,26)(H,25,28)/b11-8+. The summed E-state index contributed by atoms with van der Waals surface area (Å²) in [7, 11) is 0. The molecule has 0 fully saturated rings. The summed E-state index contributed by atoms with van der Waals surface area (Å²) in [5, 5.41) is 0.930. The number of esters is 1. The summed E-state index contributed by atoms with van der Waals surface area (Å²) in [6, 6.07) is 14.0. The van der Waals surface area contributed by atoms with Crippen molar-refractivity contribution in [2.24, 2.45) is 0 Å². The number of fused-ring (bicyclic) bond motifs is 1. The molecule has 29 heavy (non-hydrogen) atoms. The number of nitrogens with zero attached hydrogens (tertiary/aromatic N) is 1. The molecule has 0 saturated carbocycles. The zero-order chi connectivity index (χ0) is 20.6. The predicted octanol–water partition coefficient (Wildman–Crippen LogP) is 2.39. The smallest absolute Gasteiger partial charge is 0.331 e. The molecule has 146 valence electrons. The van der Waals surface area contributed by atoms with E-state index in [0.29, 0.717) is 0 Å². The molecular weight excluding hydrogens is 377 g/mol. The molecule has 8 heteroatoms. The Morgan fingerprint density at radius 1 is 1.00 bits per heavy atom. The fourth-order valence-corrected chi connectivity index (χ4v) is 2.44. The van der Waals surface area contributed by atoms with Crippen LogP contribution in [0.2, 0.25) is 0 Å². The Hall–Kier alpha value is -4.07. The average molecular weight is 393 g/mol. The largest absolute Gasteiger partial charge is 0.452 e. The molecule has 2 amide bonds. The molecule has 0 radical (unpaired) electrons. The highest BCUT2D eigenvalue weighted by molar-refractivity contribution is 5.96. The number of hydrogen-bond donors (Lipinski definition) is 2. The number of para-hydroxylation sites is 1. The van der Waals surface area contributed by atoms with Crippen LogP contribution in [-0.2, 0) is 14.3 Å². The van der Waals surface area contributed by atoms with Gasteiger partial charge in [0.2, 0.25) is 0 Å². The number of carbonyl (C=O) groups excluding carboxylic acids is 3. The van der Waals surface area contributed by atoms with Gasteiger partial charge in [-0.05, 0) is 36.4 Å². The molecule has 0 aliphatic rings. The van der Waals surface area contributed by atoms with Crippen LogP contribution in [0.5, 0.6) is 0 Å². The average Bonchev–Trinajstić information content (AvgIpc) is 2.75. The second kappa shape index (κ2) is 9.23. The molecule has 3 rings (SSSR count). The van der Waals surface area contributed by atoms with Crippen LogP contribution in [0.1, 0.15) is 15.9 Å². The maximum atomic E-state index is 12.8. The van der Waals surface area contributed by atoms with Crippen molar-refractivity contribution in [3.63, 3.8) is 0 Å². The van der Waals surface area contributed by atoms with Crippen molar-refractivity contribution in [1.82, 2.24) is 15.8 Å². The number of amides is 2. The topological polar surface area (TPSA) is 97.4 Å². The van der Waals surface area contributed by atoms with Gasteiger partial charge in [-0.25, -0.2) is 9.18 Å². The normalized spacial score (nSPS) is 10.7. The summed E-state index contributed by atoms with van der Waals surface area (Å²) in [5.41, 5.74) is 5.88.